The summed E-state index contributed by atoms with van der Waals surface area (Å²) in [6, 6.07) is 10.4. The average molecular weight is 540 g/mol. The zero-order valence-corrected chi connectivity index (χ0v) is 19.3. The molecule has 1 atom stereocenters. The molecule has 12 heteroatoms. The molecule has 0 spiro atoms. The Kier molecular flexibility index (Phi) is 6.66. The van der Waals surface area contributed by atoms with E-state index in [4.69, 9.17) is 0 Å². The van der Waals surface area contributed by atoms with Crippen molar-refractivity contribution in [2.45, 2.75) is 25.1 Å². The average Bonchev–Trinajstić information content (AvgIpc) is 3.43. The molecule has 1 aromatic heterocycles. The molecule has 33 heavy (non-hydrogen) atoms. The zero-order chi connectivity index (χ0) is 23.6. The first-order valence-corrected chi connectivity index (χ1v) is 11.5. The lowest BCUT2D eigenvalue weighted by atomic mass is 10.2. The first-order valence-electron chi connectivity index (χ1n) is 9.86. The largest absolute Gasteiger partial charge is 0.416 e. The van der Waals surface area contributed by atoms with E-state index in [1.54, 1.807) is 0 Å². The highest BCUT2D eigenvalue weighted by Gasteiger charge is 2.35. The molecule has 2 aromatic carbocycles. The van der Waals surface area contributed by atoms with Crippen molar-refractivity contribution >= 4 is 50.0 Å². The Balaban J connectivity index is 1.42. The Hall–Kier alpha value is -2.99. The minimum Gasteiger partial charge on any atom is -0.312 e. The smallest absolute Gasteiger partial charge is 0.312 e. The fraction of sp³-hybridized carbons (Fsp3) is 0.238. The molecule has 3 aromatic rings. The molecule has 1 unspecified atom stereocenters. The van der Waals surface area contributed by atoms with Crippen molar-refractivity contribution in [1.29, 1.82) is 0 Å². The van der Waals surface area contributed by atoms with E-state index >= 15 is 0 Å². The van der Waals surface area contributed by atoms with Crippen LogP contribution >= 0.6 is 27.3 Å². The summed E-state index contributed by atoms with van der Waals surface area (Å²) in [6.45, 7) is 0.308. The zero-order valence-electron chi connectivity index (χ0n) is 16.9. The van der Waals surface area contributed by atoms with Crippen molar-refractivity contribution in [3.05, 3.63) is 58.6 Å². The van der Waals surface area contributed by atoms with Crippen LogP contribution in [0.25, 0.3) is 10.6 Å². The summed E-state index contributed by atoms with van der Waals surface area (Å²) in [7, 11) is 0. The second kappa shape index (κ2) is 9.48. The molecule has 7 nitrogen and oxygen atoms in total. The normalized spacial score (nSPS) is 16.0. The van der Waals surface area contributed by atoms with E-state index < -0.39 is 29.7 Å². The molecule has 0 bridgehead atoms. The molecule has 0 aliphatic carbocycles. The number of aromatic nitrogens is 2. The van der Waals surface area contributed by atoms with Crippen LogP contribution in [0.1, 0.15) is 18.4 Å². The van der Waals surface area contributed by atoms with Crippen LogP contribution < -0.4 is 10.6 Å². The van der Waals surface area contributed by atoms with Crippen LogP contribution in [0, 0.1) is 0 Å². The number of halogens is 4. The maximum atomic E-state index is 12.9. The van der Waals surface area contributed by atoms with Crippen molar-refractivity contribution in [2.24, 2.45) is 0 Å². The Morgan fingerprint density at radius 2 is 1.88 bits per heavy atom. The molecular formula is C21H17BrF3N5O2S. The van der Waals surface area contributed by atoms with Gasteiger partial charge >= 0.3 is 12.2 Å². The van der Waals surface area contributed by atoms with E-state index in [2.05, 4.69) is 36.8 Å². The van der Waals surface area contributed by atoms with E-state index in [1.807, 2.05) is 24.3 Å². The number of benzene rings is 2. The van der Waals surface area contributed by atoms with Crippen molar-refractivity contribution in [1.82, 2.24) is 15.1 Å². The first kappa shape index (κ1) is 23.2. The van der Waals surface area contributed by atoms with Gasteiger partial charge in [-0.1, -0.05) is 45.5 Å². The number of nitrogens with zero attached hydrogens (tertiary/aromatic N) is 3. The predicted molar refractivity (Wildman–Crippen MR) is 122 cm³/mol. The van der Waals surface area contributed by atoms with Crippen molar-refractivity contribution in [3.63, 3.8) is 0 Å². The third-order valence-electron chi connectivity index (χ3n) is 4.98. The lowest BCUT2D eigenvalue weighted by molar-refractivity contribution is -0.137. The maximum absolute atomic E-state index is 12.9. The van der Waals surface area contributed by atoms with E-state index in [-0.39, 0.29) is 5.69 Å². The molecule has 1 fully saturated rings. The van der Waals surface area contributed by atoms with Crippen molar-refractivity contribution < 1.29 is 22.8 Å². The van der Waals surface area contributed by atoms with Crippen LogP contribution in [0.4, 0.5) is 28.8 Å². The molecule has 1 aliphatic heterocycles. The van der Waals surface area contributed by atoms with E-state index in [1.165, 1.54) is 28.4 Å². The van der Waals surface area contributed by atoms with Crippen LogP contribution in [-0.4, -0.2) is 39.6 Å². The van der Waals surface area contributed by atoms with Gasteiger partial charge in [-0.25, -0.2) is 4.79 Å². The van der Waals surface area contributed by atoms with Gasteiger partial charge in [0.2, 0.25) is 11.0 Å². The molecule has 0 saturated carbocycles. The van der Waals surface area contributed by atoms with E-state index in [9.17, 15) is 22.8 Å². The maximum Gasteiger partial charge on any atom is 0.416 e. The molecule has 172 valence electrons. The van der Waals surface area contributed by atoms with Gasteiger partial charge in [0.15, 0.2) is 0 Å². The van der Waals surface area contributed by atoms with Crippen LogP contribution in [0.15, 0.2) is 53.0 Å². The molecule has 2 heterocycles. The minimum atomic E-state index is -4.52. The van der Waals surface area contributed by atoms with Gasteiger partial charge in [-0.3, -0.25) is 10.1 Å². The molecule has 2 N–H and O–H groups in total. The van der Waals surface area contributed by atoms with Crippen molar-refractivity contribution in [2.75, 3.05) is 17.2 Å². The van der Waals surface area contributed by atoms with Gasteiger partial charge in [-0.15, -0.1) is 10.2 Å². The molecule has 1 saturated heterocycles. The molecule has 3 amide bonds. The number of hydrogen-bond acceptors (Lipinski definition) is 5. The second-order valence-corrected chi connectivity index (χ2v) is 9.17. The number of carbonyl (C=O) groups excluding carboxylic acids is 2. The quantitative estimate of drug-likeness (QED) is 0.450. The lowest BCUT2D eigenvalue weighted by Gasteiger charge is -2.24. The lowest BCUT2D eigenvalue weighted by Crippen LogP contribution is -2.45. The minimum absolute atomic E-state index is 0.00340. The summed E-state index contributed by atoms with van der Waals surface area (Å²) in [6.07, 6.45) is -3.50. The van der Waals surface area contributed by atoms with Gasteiger partial charge in [-0.05, 0) is 43.2 Å². The van der Waals surface area contributed by atoms with E-state index in [0.29, 0.717) is 29.5 Å². The van der Waals surface area contributed by atoms with Crippen LogP contribution in [0.3, 0.4) is 0 Å². The highest BCUT2D eigenvalue weighted by atomic mass is 79.9. The van der Waals surface area contributed by atoms with Gasteiger partial charge in [0.1, 0.15) is 11.0 Å². The fourth-order valence-corrected chi connectivity index (χ4v) is 4.59. The number of urea groups is 1. The second-order valence-electron chi connectivity index (χ2n) is 7.27. The number of hydrogen-bond donors (Lipinski definition) is 2. The third kappa shape index (κ3) is 5.50. The van der Waals surface area contributed by atoms with Crippen LogP contribution in [-0.2, 0) is 11.0 Å². The number of carbonyl (C=O) groups is 2. The summed E-state index contributed by atoms with van der Waals surface area (Å²) >= 11 is 4.59. The number of anilines is 2. The van der Waals surface area contributed by atoms with E-state index in [0.717, 1.165) is 22.2 Å². The monoisotopic (exact) mass is 539 g/mol. The van der Waals surface area contributed by atoms with Gasteiger partial charge in [0.25, 0.3) is 0 Å². The predicted octanol–water partition coefficient (Wildman–Crippen LogP) is 5.62. The highest BCUT2D eigenvalue weighted by Crippen LogP contribution is 2.31. The van der Waals surface area contributed by atoms with Gasteiger partial charge < -0.3 is 10.2 Å². The molecule has 0 radical (unpaired) electrons. The Labute approximate surface area is 199 Å². The summed E-state index contributed by atoms with van der Waals surface area (Å²) < 4.78 is 39.7. The fourth-order valence-electron chi connectivity index (χ4n) is 3.45. The van der Waals surface area contributed by atoms with Crippen molar-refractivity contribution in [3.8, 4) is 10.6 Å². The Morgan fingerprint density at radius 3 is 2.64 bits per heavy atom. The van der Waals surface area contributed by atoms with Crippen LogP contribution in [0.2, 0.25) is 0 Å². The summed E-state index contributed by atoms with van der Waals surface area (Å²) in [5.74, 6) is -0.427. The molecule has 1 aliphatic rings. The van der Waals surface area contributed by atoms with Gasteiger partial charge in [0.05, 0.1) is 5.56 Å². The topological polar surface area (TPSA) is 87.2 Å². The molecule has 4 rings (SSSR count). The van der Waals surface area contributed by atoms with Crippen LogP contribution in [0.5, 0.6) is 0 Å². The van der Waals surface area contributed by atoms with Gasteiger partial charge in [0, 0.05) is 22.3 Å². The summed E-state index contributed by atoms with van der Waals surface area (Å²) in [5.41, 5.74) is -0.0254. The Bertz CT molecular complexity index is 1190. The number of nitrogens with one attached hydrogen (secondary N) is 2. The number of alkyl halides is 3. The number of amides is 3. The third-order valence-corrected chi connectivity index (χ3v) is 6.37. The number of likely N-dealkylation sites (tertiary alicyclic amines) is 1. The first-order chi connectivity index (χ1) is 15.7. The SMILES string of the molecule is O=C(Nc1nnc(-c2cccc(Br)c2)s1)C1CCCN1C(=O)Nc1cccc(C(F)(F)F)c1. The molecular weight excluding hydrogens is 523 g/mol. The Morgan fingerprint density at radius 1 is 1.09 bits per heavy atom. The standard InChI is InChI=1S/C21H17BrF3N5O2S/c22-14-6-1-4-12(10-14)18-28-29-19(33-18)27-17(31)16-8-3-9-30(16)20(32)26-15-7-2-5-13(11-15)21(23,24)25/h1-2,4-7,10-11,16H,3,8-9H2,(H,26,32)(H,27,29,31). The number of rotatable bonds is 4. The highest BCUT2D eigenvalue weighted by molar-refractivity contribution is 9.10. The summed E-state index contributed by atoms with van der Waals surface area (Å²) in [4.78, 5) is 26.8. The summed E-state index contributed by atoms with van der Waals surface area (Å²) in [5, 5.41) is 14.2. The van der Waals surface area contributed by atoms with Gasteiger partial charge in [-0.2, -0.15) is 13.2 Å².